The second-order valence-corrected chi connectivity index (χ2v) is 3.07. The molecular formula is C7H7ClN6O. The van der Waals surface area contributed by atoms with Gasteiger partial charge in [-0.05, 0) is 18.5 Å². The van der Waals surface area contributed by atoms with E-state index in [1.54, 1.807) is 6.07 Å². The second-order valence-electron chi connectivity index (χ2n) is 2.74. The molecule has 0 radical (unpaired) electrons. The van der Waals surface area contributed by atoms with Gasteiger partial charge in [0.2, 0.25) is 17.1 Å². The number of ether oxygens (including phenoxy) is 1. The minimum atomic E-state index is -0.0234. The van der Waals surface area contributed by atoms with Crippen molar-refractivity contribution in [2.75, 3.05) is 5.73 Å². The smallest absolute Gasteiger partial charge is 0.329 e. The standard InChI is InChI=1S/C7H7ClN6O/c1-3-2-4(14-13-3)15-7-11-5(8)10-6(9)12-7/h2H,1H3,(H,13,14)(H2,9,10,11,12). The molecule has 15 heavy (non-hydrogen) atoms. The fourth-order valence-electron chi connectivity index (χ4n) is 0.931. The van der Waals surface area contributed by atoms with Crippen LogP contribution in [0.25, 0.3) is 0 Å². The van der Waals surface area contributed by atoms with Gasteiger partial charge in [-0.2, -0.15) is 15.0 Å². The van der Waals surface area contributed by atoms with Gasteiger partial charge in [-0.3, -0.25) is 5.10 Å². The summed E-state index contributed by atoms with van der Waals surface area (Å²) in [7, 11) is 0. The van der Waals surface area contributed by atoms with Gasteiger partial charge in [0, 0.05) is 11.8 Å². The number of halogens is 1. The molecule has 0 saturated heterocycles. The normalized spacial score (nSPS) is 10.3. The number of aromatic amines is 1. The minimum Gasteiger partial charge on any atom is -0.403 e. The number of H-pyrrole nitrogens is 1. The van der Waals surface area contributed by atoms with Crippen molar-refractivity contribution in [2.24, 2.45) is 0 Å². The van der Waals surface area contributed by atoms with Gasteiger partial charge in [0.15, 0.2) is 0 Å². The van der Waals surface area contributed by atoms with Crippen LogP contribution in [0.5, 0.6) is 11.9 Å². The molecule has 0 fully saturated rings. The van der Waals surface area contributed by atoms with E-state index in [1.165, 1.54) is 0 Å². The van der Waals surface area contributed by atoms with E-state index in [9.17, 15) is 0 Å². The van der Waals surface area contributed by atoms with Gasteiger partial charge in [0.05, 0.1) is 0 Å². The Morgan fingerprint density at radius 1 is 1.40 bits per heavy atom. The van der Waals surface area contributed by atoms with E-state index < -0.39 is 0 Å². The lowest BCUT2D eigenvalue weighted by Crippen LogP contribution is -2.00. The van der Waals surface area contributed by atoms with E-state index in [-0.39, 0.29) is 17.2 Å². The number of nitrogens with two attached hydrogens (primary N) is 1. The van der Waals surface area contributed by atoms with Crippen molar-refractivity contribution in [1.29, 1.82) is 0 Å². The molecule has 0 aliphatic rings. The van der Waals surface area contributed by atoms with Crippen molar-refractivity contribution in [1.82, 2.24) is 25.1 Å². The van der Waals surface area contributed by atoms with Gasteiger partial charge in [-0.1, -0.05) is 0 Å². The average molecular weight is 227 g/mol. The SMILES string of the molecule is Cc1cc(Oc2nc(N)nc(Cl)n2)n[nH]1. The molecule has 0 saturated carbocycles. The zero-order valence-electron chi connectivity index (χ0n) is 7.73. The van der Waals surface area contributed by atoms with Gasteiger partial charge in [-0.15, -0.1) is 5.10 Å². The van der Waals surface area contributed by atoms with Crippen LogP contribution in [-0.4, -0.2) is 25.1 Å². The molecule has 2 aromatic heterocycles. The minimum absolute atomic E-state index is 0.00254. The predicted molar refractivity (Wildman–Crippen MR) is 52.6 cm³/mol. The molecule has 78 valence electrons. The molecule has 3 N–H and O–H groups in total. The van der Waals surface area contributed by atoms with Crippen LogP contribution in [0.2, 0.25) is 5.28 Å². The highest BCUT2D eigenvalue weighted by molar-refractivity contribution is 6.28. The molecule has 2 rings (SSSR count). The Kier molecular flexibility index (Phi) is 2.38. The number of aromatic nitrogens is 5. The molecule has 0 amide bonds. The van der Waals surface area contributed by atoms with Crippen molar-refractivity contribution in [2.45, 2.75) is 6.92 Å². The van der Waals surface area contributed by atoms with Crippen molar-refractivity contribution < 1.29 is 4.74 Å². The van der Waals surface area contributed by atoms with E-state index in [2.05, 4.69) is 25.1 Å². The summed E-state index contributed by atoms with van der Waals surface area (Å²) in [6, 6.07) is 1.70. The quantitative estimate of drug-likeness (QED) is 0.790. The first-order valence-electron chi connectivity index (χ1n) is 4.00. The van der Waals surface area contributed by atoms with Gasteiger partial charge in [0.25, 0.3) is 0 Å². The van der Waals surface area contributed by atoms with E-state index in [0.717, 1.165) is 5.69 Å². The van der Waals surface area contributed by atoms with E-state index in [1.807, 2.05) is 6.92 Å². The fraction of sp³-hybridized carbons (Fsp3) is 0.143. The van der Waals surface area contributed by atoms with Crippen molar-refractivity contribution in [3.8, 4) is 11.9 Å². The number of nitrogens with one attached hydrogen (secondary N) is 1. The highest BCUT2D eigenvalue weighted by Gasteiger charge is 2.06. The molecule has 0 bridgehead atoms. The summed E-state index contributed by atoms with van der Waals surface area (Å²) in [5.74, 6) is 0.339. The Bertz CT molecular complexity index is 464. The van der Waals surface area contributed by atoms with Crippen LogP contribution in [0.4, 0.5) is 5.95 Å². The maximum absolute atomic E-state index is 5.57. The van der Waals surface area contributed by atoms with Crippen molar-refractivity contribution in [3.05, 3.63) is 17.0 Å². The van der Waals surface area contributed by atoms with Crippen LogP contribution in [0, 0.1) is 6.92 Å². The summed E-state index contributed by atoms with van der Waals surface area (Å²) >= 11 is 5.57. The van der Waals surface area contributed by atoms with Crippen LogP contribution >= 0.6 is 11.6 Å². The van der Waals surface area contributed by atoms with Crippen LogP contribution in [-0.2, 0) is 0 Å². The topological polar surface area (TPSA) is 103 Å². The number of nitrogens with zero attached hydrogens (tertiary/aromatic N) is 4. The highest BCUT2D eigenvalue weighted by Crippen LogP contribution is 2.17. The number of anilines is 1. The Morgan fingerprint density at radius 2 is 2.20 bits per heavy atom. The summed E-state index contributed by atoms with van der Waals surface area (Å²) in [6.45, 7) is 1.84. The highest BCUT2D eigenvalue weighted by atomic mass is 35.5. The summed E-state index contributed by atoms with van der Waals surface area (Å²) in [5, 5.41) is 6.52. The number of rotatable bonds is 2. The Hall–Kier alpha value is -1.89. The lowest BCUT2D eigenvalue weighted by Gasteiger charge is -1.99. The maximum atomic E-state index is 5.57. The molecular weight excluding hydrogens is 220 g/mol. The lowest BCUT2D eigenvalue weighted by atomic mass is 10.5. The van der Waals surface area contributed by atoms with Gasteiger partial charge in [-0.25, -0.2) is 0 Å². The number of nitrogen functional groups attached to an aromatic ring is 1. The molecule has 0 aromatic carbocycles. The molecule has 7 nitrogen and oxygen atoms in total. The monoisotopic (exact) mass is 226 g/mol. The van der Waals surface area contributed by atoms with E-state index >= 15 is 0 Å². The molecule has 2 heterocycles. The number of hydrogen-bond acceptors (Lipinski definition) is 6. The average Bonchev–Trinajstić information content (AvgIpc) is 2.49. The third-order valence-electron chi connectivity index (χ3n) is 1.48. The Balaban J connectivity index is 2.24. The number of aryl methyl sites for hydroxylation is 1. The Labute approximate surface area is 89.7 Å². The second kappa shape index (κ2) is 3.70. The third kappa shape index (κ3) is 2.32. The first-order valence-corrected chi connectivity index (χ1v) is 4.38. The van der Waals surface area contributed by atoms with Crippen LogP contribution in [0.3, 0.4) is 0 Å². The third-order valence-corrected chi connectivity index (χ3v) is 1.65. The van der Waals surface area contributed by atoms with Gasteiger partial charge >= 0.3 is 6.01 Å². The van der Waals surface area contributed by atoms with E-state index in [0.29, 0.717) is 5.88 Å². The molecule has 0 atom stereocenters. The first-order chi connectivity index (χ1) is 7.13. The summed E-state index contributed by atoms with van der Waals surface area (Å²) in [6.07, 6.45) is 0. The fourth-order valence-corrected chi connectivity index (χ4v) is 1.09. The van der Waals surface area contributed by atoms with Crippen molar-refractivity contribution >= 4 is 17.5 Å². The predicted octanol–water partition coefficient (Wildman–Crippen LogP) is 0.931. The maximum Gasteiger partial charge on any atom is 0.329 e. The molecule has 0 spiro atoms. The van der Waals surface area contributed by atoms with Gasteiger partial charge < -0.3 is 10.5 Å². The number of hydrogen-bond donors (Lipinski definition) is 2. The largest absolute Gasteiger partial charge is 0.403 e. The van der Waals surface area contributed by atoms with Crippen LogP contribution in [0.15, 0.2) is 6.07 Å². The lowest BCUT2D eigenvalue weighted by molar-refractivity contribution is 0.423. The van der Waals surface area contributed by atoms with Crippen LogP contribution < -0.4 is 10.5 Å². The summed E-state index contributed by atoms with van der Waals surface area (Å²) in [5.41, 5.74) is 6.22. The molecule has 0 aliphatic heterocycles. The zero-order chi connectivity index (χ0) is 10.8. The molecule has 2 aromatic rings. The van der Waals surface area contributed by atoms with Crippen LogP contribution in [0.1, 0.15) is 5.69 Å². The first kappa shape index (κ1) is 9.66. The zero-order valence-corrected chi connectivity index (χ0v) is 8.49. The van der Waals surface area contributed by atoms with Gasteiger partial charge in [0.1, 0.15) is 0 Å². The molecule has 0 unspecified atom stereocenters. The molecule has 8 heteroatoms. The summed E-state index contributed by atoms with van der Waals surface area (Å²) in [4.78, 5) is 11.1. The molecule has 0 aliphatic carbocycles. The Morgan fingerprint density at radius 3 is 2.80 bits per heavy atom. The van der Waals surface area contributed by atoms with Crippen molar-refractivity contribution in [3.63, 3.8) is 0 Å². The summed E-state index contributed by atoms with van der Waals surface area (Å²) < 4.78 is 5.19. The van der Waals surface area contributed by atoms with E-state index in [4.69, 9.17) is 22.1 Å².